The van der Waals surface area contributed by atoms with Crippen LogP contribution in [0.2, 0.25) is 0 Å². The average Bonchev–Trinajstić information content (AvgIpc) is 3.31. The summed E-state index contributed by atoms with van der Waals surface area (Å²) in [6.07, 6.45) is 7.03. The van der Waals surface area contributed by atoms with Crippen molar-refractivity contribution in [3.63, 3.8) is 0 Å². The summed E-state index contributed by atoms with van der Waals surface area (Å²) in [5, 5.41) is 1.19. The van der Waals surface area contributed by atoms with Crippen LogP contribution in [-0.4, -0.2) is 28.9 Å². The summed E-state index contributed by atoms with van der Waals surface area (Å²) in [5.41, 5.74) is 2.51. The number of likely N-dealkylation sites (tertiary alicyclic amines) is 1. The van der Waals surface area contributed by atoms with Gasteiger partial charge in [-0.1, -0.05) is 12.1 Å². The Labute approximate surface area is 161 Å². The highest BCUT2D eigenvalue weighted by atomic mass is 32.1. The molecular weight excluding hydrogens is 360 g/mol. The lowest BCUT2D eigenvalue weighted by Crippen LogP contribution is -2.38. The minimum atomic E-state index is 0.232. The van der Waals surface area contributed by atoms with Gasteiger partial charge in [-0.3, -0.25) is 4.79 Å². The Bertz CT molecular complexity index is 901. The van der Waals surface area contributed by atoms with Crippen molar-refractivity contribution in [2.75, 3.05) is 13.1 Å². The summed E-state index contributed by atoms with van der Waals surface area (Å²) < 4.78 is 1.25. The molecule has 0 N–H and O–H groups in total. The maximum absolute atomic E-state index is 13.1. The van der Waals surface area contributed by atoms with Gasteiger partial charge in [-0.15, -0.1) is 22.7 Å². The molecule has 5 rings (SSSR count). The standard InChI is InChI=1S/C21H22N2OS2/c24-21(19-12-14-6-1-3-9-17(14)25-19)23-11-5-7-15(13-23)20-22-16-8-2-4-10-18(16)26-20/h2,4,8,10,12,15H,1,3,5-7,9,11,13H2. The number of piperidine rings is 1. The zero-order valence-corrected chi connectivity index (χ0v) is 16.4. The highest BCUT2D eigenvalue weighted by molar-refractivity contribution is 7.18. The predicted molar refractivity (Wildman–Crippen MR) is 108 cm³/mol. The first kappa shape index (κ1) is 16.5. The lowest BCUT2D eigenvalue weighted by atomic mass is 9.98. The van der Waals surface area contributed by atoms with Crippen molar-refractivity contribution in [1.82, 2.24) is 9.88 Å². The second-order valence-electron chi connectivity index (χ2n) is 7.38. The van der Waals surface area contributed by atoms with Gasteiger partial charge in [0, 0.05) is 23.9 Å². The number of thiophene rings is 1. The van der Waals surface area contributed by atoms with Gasteiger partial charge in [0.25, 0.3) is 5.91 Å². The summed E-state index contributed by atoms with van der Waals surface area (Å²) in [5.74, 6) is 0.606. The number of hydrogen-bond donors (Lipinski definition) is 0. The van der Waals surface area contributed by atoms with Gasteiger partial charge >= 0.3 is 0 Å². The Hall–Kier alpha value is -1.72. The molecule has 0 bridgehead atoms. The van der Waals surface area contributed by atoms with E-state index >= 15 is 0 Å². The molecule has 1 unspecified atom stereocenters. The zero-order chi connectivity index (χ0) is 17.5. The normalized spacial score (nSPS) is 20.3. The molecule has 1 aromatic carbocycles. The van der Waals surface area contributed by atoms with E-state index in [2.05, 4.69) is 29.2 Å². The minimum Gasteiger partial charge on any atom is -0.337 e. The maximum atomic E-state index is 13.1. The number of fused-ring (bicyclic) bond motifs is 2. The number of thiazole rings is 1. The molecule has 0 saturated carbocycles. The number of nitrogens with zero attached hydrogens (tertiary/aromatic N) is 2. The number of benzene rings is 1. The van der Waals surface area contributed by atoms with E-state index in [1.54, 1.807) is 22.7 Å². The van der Waals surface area contributed by atoms with Crippen molar-refractivity contribution in [3.05, 3.63) is 50.7 Å². The molecule has 1 saturated heterocycles. The molecule has 2 aromatic heterocycles. The lowest BCUT2D eigenvalue weighted by Gasteiger charge is -2.31. The van der Waals surface area contributed by atoms with Crippen molar-refractivity contribution in [2.45, 2.75) is 44.4 Å². The lowest BCUT2D eigenvalue weighted by molar-refractivity contribution is 0.0712. The third kappa shape index (κ3) is 2.97. The summed E-state index contributed by atoms with van der Waals surface area (Å²) >= 11 is 3.52. The van der Waals surface area contributed by atoms with E-state index in [1.807, 2.05) is 6.07 Å². The average molecular weight is 383 g/mol. The topological polar surface area (TPSA) is 33.2 Å². The molecule has 5 heteroatoms. The molecule has 3 heterocycles. The molecular formula is C21H22N2OS2. The van der Waals surface area contributed by atoms with Crippen molar-refractivity contribution < 1.29 is 4.79 Å². The summed E-state index contributed by atoms with van der Waals surface area (Å²) in [6, 6.07) is 10.5. The highest BCUT2D eigenvalue weighted by Gasteiger charge is 2.29. The van der Waals surface area contributed by atoms with Gasteiger partial charge in [-0.05, 0) is 62.3 Å². The van der Waals surface area contributed by atoms with Crippen LogP contribution >= 0.6 is 22.7 Å². The third-order valence-corrected chi connectivity index (χ3v) is 8.00. The van der Waals surface area contributed by atoms with Gasteiger partial charge in [0.15, 0.2) is 0 Å². The Morgan fingerprint density at radius 3 is 2.88 bits per heavy atom. The molecule has 3 nitrogen and oxygen atoms in total. The number of aromatic nitrogens is 1. The van der Waals surface area contributed by atoms with Crippen LogP contribution < -0.4 is 0 Å². The van der Waals surface area contributed by atoms with E-state index in [4.69, 9.17) is 4.98 Å². The fraction of sp³-hybridized carbons (Fsp3) is 0.429. The number of para-hydroxylation sites is 1. The van der Waals surface area contributed by atoms with Gasteiger partial charge < -0.3 is 4.90 Å². The Morgan fingerprint density at radius 1 is 1.12 bits per heavy atom. The maximum Gasteiger partial charge on any atom is 0.263 e. The van der Waals surface area contributed by atoms with Gasteiger partial charge in [0.1, 0.15) is 0 Å². The van der Waals surface area contributed by atoms with Gasteiger partial charge in [0.2, 0.25) is 0 Å². The molecule has 1 aliphatic carbocycles. The second-order valence-corrected chi connectivity index (χ2v) is 9.58. The summed E-state index contributed by atoms with van der Waals surface area (Å²) in [6.45, 7) is 1.68. The Kier molecular flexibility index (Phi) is 4.29. The number of carbonyl (C=O) groups is 1. The summed E-state index contributed by atoms with van der Waals surface area (Å²) in [7, 11) is 0. The van der Waals surface area contributed by atoms with Crippen LogP contribution in [0.15, 0.2) is 30.3 Å². The molecule has 0 spiro atoms. The number of carbonyl (C=O) groups excluding carboxylic acids is 1. The van der Waals surface area contributed by atoms with Crippen molar-refractivity contribution in [3.8, 4) is 0 Å². The van der Waals surface area contributed by atoms with Gasteiger partial charge in [-0.25, -0.2) is 4.98 Å². The van der Waals surface area contributed by atoms with E-state index in [9.17, 15) is 4.79 Å². The monoisotopic (exact) mass is 382 g/mol. The van der Waals surface area contributed by atoms with E-state index < -0.39 is 0 Å². The molecule has 1 amide bonds. The molecule has 3 aromatic rings. The van der Waals surface area contributed by atoms with E-state index in [0.29, 0.717) is 5.92 Å². The Morgan fingerprint density at radius 2 is 2.00 bits per heavy atom. The first-order valence-electron chi connectivity index (χ1n) is 9.54. The fourth-order valence-electron chi connectivity index (χ4n) is 4.18. The fourth-order valence-corrected chi connectivity index (χ4v) is 6.49. The Balaban J connectivity index is 1.36. The molecule has 1 atom stereocenters. The molecule has 1 aliphatic heterocycles. The second kappa shape index (κ2) is 6.78. The molecule has 134 valence electrons. The number of rotatable bonds is 2. The molecule has 26 heavy (non-hydrogen) atoms. The van der Waals surface area contributed by atoms with Crippen molar-refractivity contribution in [2.24, 2.45) is 0 Å². The van der Waals surface area contributed by atoms with Crippen LogP contribution in [0.25, 0.3) is 10.2 Å². The van der Waals surface area contributed by atoms with E-state index in [1.165, 1.54) is 33.0 Å². The molecule has 2 aliphatic rings. The quantitative estimate of drug-likeness (QED) is 0.606. The number of amides is 1. The van der Waals surface area contributed by atoms with Gasteiger partial charge in [0.05, 0.1) is 20.1 Å². The van der Waals surface area contributed by atoms with Crippen LogP contribution in [0.4, 0.5) is 0 Å². The van der Waals surface area contributed by atoms with E-state index in [-0.39, 0.29) is 5.91 Å². The first-order chi connectivity index (χ1) is 12.8. The summed E-state index contributed by atoms with van der Waals surface area (Å²) in [4.78, 5) is 22.4. The van der Waals surface area contributed by atoms with Gasteiger partial charge in [-0.2, -0.15) is 0 Å². The van der Waals surface area contributed by atoms with Crippen molar-refractivity contribution >= 4 is 38.8 Å². The number of aryl methyl sites for hydroxylation is 2. The van der Waals surface area contributed by atoms with Crippen LogP contribution in [-0.2, 0) is 12.8 Å². The number of hydrogen-bond acceptors (Lipinski definition) is 4. The van der Waals surface area contributed by atoms with E-state index in [0.717, 1.165) is 49.2 Å². The molecule has 1 fully saturated rings. The smallest absolute Gasteiger partial charge is 0.263 e. The van der Waals surface area contributed by atoms with Crippen LogP contribution in [0.1, 0.15) is 56.7 Å². The van der Waals surface area contributed by atoms with Crippen LogP contribution in [0, 0.1) is 0 Å². The third-order valence-electron chi connectivity index (χ3n) is 5.58. The van der Waals surface area contributed by atoms with Crippen LogP contribution in [0.5, 0.6) is 0 Å². The zero-order valence-electron chi connectivity index (χ0n) is 14.7. The SMILES string of the molecule is O=C(c1cc2c(s1)CCCC2)N1CCCC(c2nc3ccccc3s2)C1. The molecule has 0 radical (unpaired) electrons. The highest BCUT2D eigenvalue weighted by Crippen LogP contribution is 2.35. The predicted octanol–water partition coefficient (Wildman–Crippen LogP) is 5.26. The largest absolute Gasteiger partial charge is 0.337 e. The first-order valence-corrected chi connectivity index (χ1v) is 11.2. The minimum absolute atomic E-state index is 0.232. The van der Waals surface area contributed by atoms with Crippen molar-refractivity contribution in [1.29, 1.82) is 0 Å². The van der Waals surface area contributed by atoms with Crippen LogP contribution in [0.3, 0.4) is 0 Å².